The summed E-state index contributed by atoms with van der Waals surface area (Å²) in [5.74, 6) is 1.67. The van der Waals surface area contributed by atoms with E-state index in [9.17, 15) is 0 Å². The second kappa shape index (κ2) is 12.8. The zero-order valence-corrected chi connectivity index (χ0v) is 27.4. The van der Waals surface area contributed by atoms with Gasteiger partial charge < -0.3 is 9.64 Å². The van der Waals surface area contributed by atoms with E-state index in [0.29, 0.717) is 0 Å². The lowest BCUT2D eigenvalue weighted by Crippen LogP contribution is -2.12. The van der Waals surface area contributed by atoms with Crippen LogP contribution in [-0.4, -0.2) is 0 Å². The first-order valence-electron chi connectivity index (χ1n) is 17.0. The zero-order valence-electron chi connectivity index (χ0n) is 27.4. The van der Waals surface area contributed by atoms with Crippen LogP contribution in [0.1, 0.15) is 0 Å². The molecule has 236 valence electrons. The van der Waals surface area contributed by atoms with Crippen molar-refractivity contribution in [3.63, 3.8) is 0 Å². The average Bonchev–Trinajstić information content (AvgIpc) is 3.34. The van der Waals surface area contributed by atoms with E-state index in [1.807, 2.05) is 6.07 Å². The van der Waals surface area contributed by atoms with Gasteiger partial charge in [0.25, 0.3) is 0 Å². The van der Waals surface area contributed by atoms with Gasteiger partial charge in [-0.3, -0.25) is 0 Å². The van der Waals surface area contributed by atoms with Crippen molar-refractivity contribution < 1.29 is 4.74 Å². The Morgan fingerprint density at radius 1 is 0.300 bits per heavy atom. The molecular formula is C48H33NO. The summed E-state index contributed by atoms with van der Waals surface area (Å²) in [7, 11) is 0. The van der Waals surface area contributed by atoms with E-state index in [1.165, 1.54) is 27.8 Å². The van der Waals surface area contributed by atoms with Crippen LogP contribution in [0, 0.1) is 0 Å². The minimum Gasteiger partial charge on any atom is -0.456 e. The molecule has 0 aromatic heterocycles. The van der Waals surface area contributed by atoms with E-state index in [-0.39, 0.29) is 0 Å². The van der Waals surface area contributed by atoms with Crippen LogP contribution in [0.25, 0.3) is 55.6 Å². The van der Waals surface area contributed by atoms with Crippen LogP contribution in [0.4, 0.5) is 17.1 Å². The Bertz CT molecular complexity index is 2430. The van der Waals surface area contributed by atoms with Crippen LogP contribution in [0.5, 0.6) is 11.5 Å². The molecule has 1 heterocycles. The van der Waals surface area contributed by atoms with E-state index < -0.39 is 0 Å². The van der Waals surface area contributed by atoms with Gasteiger partial charge in [0.15, 0.2) is 0 Å². The number of para-hydroxylation sites is 1. The van der Waals surface area contributed by atoms with Gasteiger partial charge in [0.1, 0.15) is 11.5 Å². The van der Waals surface area contributed by atoms with E-state index in [2.05, 4.69) is 199 Å². The summed E-state index contributed by atoms with van der Waals surface area (Å²) in [6.45, 7) is 0. The van der Waals surface area contributed by atoms with Gasteiger partial charge in [-0.1, -0.05) is 158 Å². The van der Waals surface area contributed by atoms with Crippen molar-refractivity contribution in [2.24, 2.45) is 0 Å². The second-order valence-corrected chi connectivity index (χ2v) is 12.5. The molecule has 2 nitrogen and oxygen atoms in total. The van der Waals surface area contributed by atoms with Crippen LogP contribution in [0.3, 0.4) is 0 Å². The standard InChI is InChI=1S/C48H33NO/c1-4-15-34(16-5-1)36-29-31-39(32-30-36)49(40-22-12-21-38(33-40)35-17-6-2-7-18-35)44-26-14-28-46-48(44)43-25-13-24-41(37-19-8-3-9-20-37)47(43)42-23-10-11-27-45(42)50-46/h1-33H. The molecule has 0 unspecified atom stereocenters. The number of fused-ring (bicyclic) bond motifs is 5. The lowest BCUT2D eigenvalue weighted by Gasteiger charge is -2.29. The van der Waals surface area contributed by atoms with Crippen molar-refractivity contribution in [1.29, 1.82) is 0 Å². The molecule has 8 aromatic rings. The quantitative estimate of drug-likeness (QED) is 0.179. The third-order valence-electron chi connectivity index (χ3n) is 9.48. The van der Waals surface area contributed by atoms with Crippen LogP contribution in [-0.2, 0) is 0 Å². The number of hydrogen-bond donors (Lipinski definition) is 0. The Hall–Kier alpha value is -6.64. The summed E-state index contributed by atoms with van der Waals surface area (Å²) in [5.41, 5.74) is 14.6. The molecule has 0 spiro atoms. The smallest absolute Gasteiger partial charge is 0.137 e. The van der Waals surface area contributed by atoms with Gasteiger partial charge in [0, 0.05) is 28.1 Å². The summed E-state index contributed by atoms with van der Waals surface area (Å²) >= 11 is 0. The van der Waals surface area contributed by atoms with Crippen LogP contribution in [0.2, 0.25) is 0 Å². The molecule has 0 N–H and O–H groups in total. The fourth-order valence-corrected chi connectivity index (χ4v) is 7.17. The molecule has 0 fully saturated rings. The minimum atomic E-state index is 0.823. The number of anilines is 3. The van der Waals surface area contributed by atoms with Gasteiger partial charge in [-0.05, 0) is 81.4 Å². The van der Waals surface area contributed by atoms with E-state index in [0.717, 1.165) is 56.4 Å². The molecule has 9 rings (SSSR count). The highest BCUT2D eigenvalue weighted by atomic mass is 16.5. The summed E-state index contributed by atoms with van der Waals surface area (Å²) in [6.07, 6.45) is 0. The lowest BCUT2D eigenvalue weighted by atomic mass is 9.87. The Labute approximate surface area is 293 Å². The average molecular weight is 640 g/mol. The van der Waals surface area contributed by atoms with Crippen molar-refractivity contribution in [1.82, 2.24) is 0 Å². The molecule has 8 aromatic carbocycles. The molecule has 1 aliphatic rings. The molecule has 2 heteroatoms. The maximum atomic E-state index is 6.88. The largest absolute Gasteiger partial charge is 0.456 e. The maximum Gasteiger partial charge on any atom is 0.137 e. The normalized spacial score (nSPS) is 11.4. The first-order valence-corrected chi connectivity index (χ1v) is 17.0. The van der Waals surface area contributed by atoms with Crippen molar-refractivity contribution in [2.75, 3.05) is 4.90 Å². The Balaban J connectivity index is 1.30. The van der Waals surface area contributed by atoms with Gasteiger partial charge in [-0.15, -0.1) is 0 Å². The third kappa shape index (κ3) is 5.34. The highest BCUT2D eigenvalue weighted by Gasteiger charge is 2.28. The van der Waals surface area contributed by atoms with Crippen molar-refractivity contribution in [2.45, 2.75) is 0 Å². The maximum absolute atomic E-state index is 6.88. The Kier molecular flexibility index (Phi) is 7.53. The van der Waals surface area contributed by atoms with E-state index >= 15 is 0 Å². The predicted molar refractivity (Wildman–Crippen MR) is 208 cm³/mol. The summed E-state index contributed by atoms with van der Waals surface area (Å²) in [4.78, 5) is 2.37. The van der Waals surface area contributed by atoms with Crippen LogP contribution in [0.15, 0.2) is 200 Å². The zero-order chi connectivity index (χ0) is 33.3. The van der Waals surface area contributed by atoms with Gasteiger partial charge >= 0.3 is 0 Å². The predicted octanol–water partition coefficient (Wildman–Crippen LogP) is 13.6. The molecule has 0 atom stereocenters. The topological polar surface area (TPSA) is 12.5 Å². The minimum absolute atomic E-state index is 0.823. The van der Waals surface area contributed by atoms with Crippen molar-refractivity contribution >= 4 is 17.1 Å². The molecule has 0 radical (unpaired) electrons. The third-order valence-corrected chi connectivity index (χ3v) is 9.48. The Morgan fingerprint density at radius 2 is 0.820 bits per heavy atom. The lowest BCUT2D eigenvalue weighted by molar-refractivity contribution is 0.488. The summed E-state index contributed by atoms with van der Waals surface area (Å²) in [5, 5.41) is 0. The van der Waals surface area contributed by atoms with Crippen LogP contribution >= 0.6 is 0 Å². The van der Waals surface area contributed by atoms with E-state index in [4.69, 9.17) is 4.74 Å². The molecule has 0 amide bonds. The molecule has 1 aliphatic heterocycles. The van der Waals surface area contributed by atoms with Crippen molar-refractivity contribution in [3.05, 3.63) is 200 Å². The Morgan fingerprint density at radius 3 is 1.56 bits per heavy atom. The highest BCUT2D eigenvalue weighted by Crippen LogP contribution is 2.54. The first-order chi connectivity index (χ1) is 24.8. The highest BCUT2D eigenvalue weighted by molar-refractivity contribution is 6.03. The number of rotatable bonds is 6. The summed E-state index contributed by atoms with van der Waals surface area (Å²) in [6, 6.07) is 70.9. The van der Waals surface area contributed by atoms with Crippen LogP contribution < -0.4 is 9.64 Å². The number of hydrogen-bond acceptors (Lipinski definition) is 2. The van der Waals surface area contributed by atoms with Crippen molar-refractivity contribution in [3.8, 4) is 67.1 Å². The molecule has 0 saturated heterocycles. The molecule has 0 saturated carbocycles. The summed E-state index contributed by atoms with van der Waals surface area (Å²) < 4.78 is 6.88. The fourth-order valence-electron chi connectivity index (χ4n) is 7.17. The number of benzene rings is 8. The SMILES string of the molecule is c1ccc(-c2ccc(N(c3cccc(-c4ccccc4)c3)c3cccc4c3-c3cccc(-c5ccccc5)c3-c3ccccc3O4)cc2)cc1. The molecular weight excluding hydrogens is 607 g/mol. The van der Waals surface area contributed by atoms with Gasteiger partial charge in [0.2, 0.25) is 0 Å². The van der Waals surface area contributed by atoms with Gasteiger partial charge in [0.05, 0.1) is 5.69 Å². The van der Waals surface area contributed by atoms with Gasteiger partial charge in [-0.25, -0.2) is 0 Å². The number of ether oxygens (including phenoxy) is 1. The van der Waals surface area contributed by atoms with E-state index in [1.54, 1.807) is 0 Å². The molecule has 50 heavy (non-hydrogen) atoms. The molecule has 0 aliphatic carbocycles. The second-order valence-electron chi connectivity index (χ2n) is 12.5. The number of nitrogens with zero attached hydrogens (tertiary/aromatic N) is 1. The molecule has 0 bridgehead atoms. The monoisotopic (exact) mass is 639 g/mol. The fraction of sp³-hybridized carbons (Fsp3) is 0. The van der Waals surface area contributed by atoms with Gasteiger partial charge in [-0.2, -0.15) is 0 Å². The first kappa shape index (κ1) is 29.5.